The molecule has 4 nitrogen and oxygen atoms in total. The summed E-state index contributed by atoms with van der Waals surface area (Å²) in [6.45, 7) is 5.24. The van der Waals surface area contributed by atoms with Crippen molar-refractivity contribution in [3.63, 3.8) is 0 Å². The Morgan fingerprint density at radius 3 is 2.85 bits per heavy atom. The molecule has 0 bridgehead atoms. The highest BCUT2D eigenvalue weighted by atomic mass is 16.5. The highest BCUT2D eigenvalue weighted by Gasteiger charge is 2.39. The number of para-hydroxylation sites is 2. The number of carbonyl (C=O) groups excluding carboxylic acids is 1. The third-order valence-electron chi connectivity index (χ3n) is 4.09. The molecule has 110 valence electrons. The molecule has 1 fully saturated rings. The molecule has 1 amide bonds. The maximum Gasteiger partial charge on any atom is 0.228 e. The molecule has 1 atom stereocenters. The summed E-state index contributed by atoms with van der Waals surface area (Å²) in [6.07, 6.45) is 3.19. The molecule has 4 heteroatoms. The van der Waals surface area contributed by atoms with Gasteiger partial charge in [0.15, 0.2) is 0 Å². The van der Waals surface area contributed by atoms with E-state index in [0.29, 0.717) is 18.9 Å². The Bertz CT molecular complexity index is 471. The number of carbonyl (C=O) groups is 1. The van der Waals surface area contributed by atoms with E-state index in [1.54, 1.807) is 0 Å². The van der Waals surface area contributed by atoms with Gasteiger partial charge < -0.3 is 15.8 Å². The van der Waals surface area contributed by atoms with Crippen molar-refractivity contribution < 1.29 is 9.53 Å². The van der Waals surface area contributed by atoms with Crippen molar-refractivity contribution in [1.82, 2.24) is 0 Å². The van der Waals surface area contributed by atoms with E-state index in [-0.39, 0.29) is 17.2 Å². The van der Waals surface area contributed by atoms with Crippen LogP contribution < -0.4 is 15.8 Å². The molecule has 0 aliphatic heterocycles. The third kappa shape index (κ3) is 3.31. The van der Waals surface area contributed by atoms with Crippen molar-refractivity contribution in [2.75, 3.05) is 18.5 Å². The molecule has 1 unspecified atom stereocenters. The van der Waals surface area contributed by atoms with Crippen LogP contribution in [-0.2, 0) is 4.79 Å². The van der Waals surface area contributed by atoms with Gasteiger partial charge in [-0.05, 0) is 30.4 Å². The van der Waals surface area contributed by atoms with Gasteiger partial charge in [-0.25, -0.2) is 0 Å². The molecule has 1 aromatic rings. The Labute approximate surface area is 120 Å². The maximum atomic E-state index is 12.5. The van der Waals surface area contributed by atoms with Crippen LogP contribution in [0.2, 0.25) is 0 Å². The van der Waals surface area contributed by atoms with Gasteiger partial charge in [0.2, 0.25) is 5.91 Å². The van der Waals surface area contributed by atoms with Crippen LogP contribution in [0.4, 0.5) is 5.69 Å². The van der Waals surface area contributed by atoms with Crippen LogP contribution in [0.3, 0.4) is 0 Å². The molecule has 2 rings (SSSR count). The molecule has 1 aliphatic rings. The van der Waals surface area contributed by atoms with E-state index < -0.39 is 0 Å². The number of hydrogen-bond acceptors (Lipinski definition) is 3. The fraction of sp³-hybridized carbons (Fsp3) is 0.562. The lowest BCUT2D eigenvalue weighted by Crippen LogP contribution is -2.31. The van der Waals surface area contributed by atoms with Crippen molar-refractivity contribution in [2.24, 2.45) is 17.1 Å². The lowest BCUT2D eigenvalue weighted by Gasteiger charge is -2.26. The van der Waals surface area contributed by atoms with Gasteiger partial charge in [0.25, 0.3) is 0 Å². The van der Waals surface area contributed by atoms with Gasteiger partial charge >= 0.3 is 0 Å². The van der Waals surface area contributed by atoms with Crippen LogP contribution >= 0.6 is 0 Å². The lowest BCUT2D eigenvalue weighted by atomic mass is 9.81. The first kappa shape index (κ1) is 14.9. The molecule has 3 N–H and O–H groups in total. The van der Waals surface area contributed by atoms with E-state index in [1.807, 2.05) is 24.3 Å². The predicted octanol–water partition coefficient (Wildman–Crippen LogP) is 2.79. The molecule has 0 spiro atoms. The van der Waals surface area contributed by atoms with Crippen LogP contribution in [0, 0.1) is 11.3 Å². The zero-order valence-electron chi connectivity index (χ0n) is 12.3. The second kappa shape index (κ2) is 6.27. The molecule has 1 saturated carbocycles. The monoisotopic (exact) mass is 276 g/mol. The number of hydrogen-bond donors (Lipinski definition) is 2. The van der Waals surface area contributed by atoms with Crippen molar-refractivity contribution in [3.05, 3.63) is 24.3 Å². The number of anilines is 1. The SMILES string of the molecule is CC1(C)CCCC1C(=O)Nc1ccccc1OCCN. The van der Waals surface area contributed by atoms with E-state index in [4.69, 9.17) is 10.5 Å². The number of benzene rings is 1. The quantitative estimate of drug-likeness (QED) is 0.869. The summed E-state index contributed by atoms with van der Waals surface area (Å²) >= 11 is 0. The lowest BCUT2D eigenvalue weighted by molar-refractivity contribution is -0.122. The van der Waals surface area contributed by atoms with Crippen molar-refractivity contribution in [1.29, 1.82) is 0 Å². The molecule has 0 aromatic heterocycles. The fourth-order valence-electron chi connectivity index (χ4n) is 2.90. The summed E-state index contributed by atoms with van der Waals surface area (Å²) < 4.78 is 5.56. The van der Waals surface area contributed by atoms with Crippen molar-refractivity contribution >= 4 is 11.6 Å². The topological polar surface area (TPSA) is 64.3 Å². The Hall–Kier alpha value is -1.55. The molecule has 1 aromatic carbocycles. The minimum Gasteiger partial charge on any atom is -0.490 e. The summed E-state index contributed by atoms with van der Waals surface area (Å²) in [5, 5.41) is 3.01. The zero-order valence-corrected chi connectivity index (χ0v) is 12.3. The highest BCUT2D eigenvalue weighted by Crippen LogP contribution is 2.43. The van der Waals surface area contributed by atoms with Gasteiger partial charge in [0.1, 0.15) is 12.4 Å². The first-order valence-electron chi connectivity index (χ1n) is 7.27. The Balaban J connectivity index is 2.08. The third-order valence-corrected chi connectivity index (χ3v) is 4.09. The zero-order chi connectivity index (χ0) is 14.6. The van der Waals surface area contributed by atoms with Gasteiger partial charge in [-0.1, -0.05) is 32.4 Å². The maximum absolute atomic E-state index is 12.5. The average Bonchev–Trinajstić information content (AvgIpc) is 2.77. The molecular formula is C16H24N2O2. The largest absolute Gasteiger partial charge is 0.490 e. The molecule has 0 saturated heterocycles. The van der Waals surface area contributed by atoms with Crippen molar-refractivity contribution in [3.8, 4) is 5.75 Å². The minimum absolute atomic E-state index is 0.0741. The smallest absolute Gasteiger partial charge is 0.228 e. The van der Waals surface area contributed by atoms with Crippen LogP contribution in [0.15, 0.2) is 24.3 Å². The highest BCUT2D eigenvalue weighted by molar-refractivity contribution is 5.94. The van der Waals surface area contributed by atoms with Crippen molar-refractivity contribution in [2.45, 2.75) is 33.1 Å². The van der Waals surface area contributed by atoms with Gasteiger partial charge in [0.05, 0.1) is 5.69 Å². The predicted molar refractivity (Wildman–Crippen MR) is 80.7 cm³/mol. The Morgan fingerprint density at radius 2 is 2.20 bits per heavy atom. The second-order valence-electron chi connectivity index (χ2n) is 6.06. The summed E-state index contributed by atoms with van der Waals surface area (Å²) in [5.74, 6) is 0.850. The average molecular weight is 276 g/mol. The number of nitrogens with one attached hydrogen (secondary N) is 1. The van der Waals surface area contributed by atoms with E-state index in [2.05, 4.69) is 19.2 Å². The normalized spacial score (nSPS) is 20.6. The standard InChI is InChI=1S/C16H24N2O2/c1-16(2)9-5-6-12(16)15(19)18-13-7-3-4-8-14(13)20-11-10-17/h3-4,7-8,12H,5-6,9-11,17H2,1-2H3,(H,18,19). The molecular weight excluding hydrogens is 252 g/mol. The number of nitrogens with two attached hydrogens (primary N) is 1. The molecule has 1 aliphatic carbocycles. The number of rotatable bonds is 5. The summed E-state index contributed by atoms with van der Waals surface area (Å²) in [6, 6.07) is 7.50. The minimum atomic E-state index is 0.0741. The van der Waals surface area contributed by atoms with E-state index in [0.717, 1.165) is 24.9 Å². The fourth-order valence-corrected chi connectivity index (χ4v) is 2.90. The first-order chi connectivity index (χ1) is 9.54. The summed E-state index contributed by atoms with van der Waals surface area (Å²) in [7, 11) is 0. The molecule has 0 heterocycles. The van der Waals surface area contributed by atoms with Crippen LogP contribution in [-0.4, -0.2) is 19.1 Å². The van der Waals surface area contributed by atoms with E-state index in [9.17, 15) is 4.79 Å². The first-order valence-corrected chi connectivity index (χ1v) is 7.27. The number of amides is 1. The van der Waals surface area contributed by atoms with Crippen LogP contribution in [0.25, 0.3) is 0 Å². The van der Waals surface area contributed by atoms with E-state index in [1.165, 1.54) is 0 Å². The van der Waals surface area contributed by atoms with Gasteiger partial charge in [0, 0.05) is 12.5 Å². The number of ether oxygens (including phenoxy) is 1. The summed E-state index contributed by atoms with van der Waals surface area (Å²) in [5.41, 5.74) is 6.26. The molecule has 0 radical (unpaired) electrons. The van der Waals surface area contributed by atoms with Gasteiger partial charge in [-0.3, -0.25) is 4.79 Å². The van der Waals surface area contributed by atoms with Crippen LogP contribution in [0.5, 0.6) is 5.75 Å². The second-order valence-corrected chi connectivity index (χ2v) is 6.06. The van der Waals surface area contributed by atoms with Gasteiger partial charge in [-0.2, -0.15) is 0 Å². The Kier molecular flexibility index (Phi) is 4.65. The van der Waals surface area contributed by atoms with E-state index >= 15 is 0 Å². The van der Waals surface area contributed by atoms with Gasteiger partial charge in [-0.15, -0.1) is 0 Å². The van der Waals surface area contributed by atoms with Crippen LogP contribution in [0.1, 0.15) is 33.1 Å². The Morgan fingerprint density at radius 1 is 1.45 bits per heavy atom. The summed E-state index contributed by atoms with van der Waals surface area (Å²) in [4.78, 5) is 12.5. The molecule has 20 heavy (non-hydrogen) atoms.